The summed E-state index contributed by atoms with van der Waals surface area (Å²) in [6, 6.07) is 0. The Labute approximate surface area is 146 Å². The van der Waals surface area contributed by atoms with Crippen molar-refractivity contribution in [3.8, 4) is 0 Å². The van der Waals surface area contributed by atoms with Crippen LogP contribution < -0.4 is 5.32 Å². The molecule has 0 aromatic rings. The minimum absolute atomic E-state index is 0.0730. The lowest BCUT2D eigenvalue weighted by Crippen LogP contribution is -2.50. The molecule has 2 aliphatic rings. The number of ether oxygens (including phenoxy) is 2. The van der Waals surface area contributed by atoms with Gasteiger partial charge >= 0.3 is 6.09 Å². The van der Waals surface area contributed by atoms with Crippen LogP contribution in [0.25, 0.3) is 0 Å². The number of methoxy groups -OCH3 is 1. The molecule has 6 heteroatoms. The molecule has 0 aromatic carbocycles. The highest BCUT2D eigenvalue weighted by Crippen LogP contribution is 2.27. The van der Waals surface area contributed by atoms with Crippen LogP contribution in [0, 0.1) is 0 Å². The molecule has 0 aromatic heterocycles. The standard InChI is InChI=1S/C18H35N3O3/c1-17(2,3)24-16(22)21-14-12-20(13-15-21)11-5-6-18(23-4)7-9-19-10-8-18/h19H,5-15H2,1-4H3. The molecule has 0 aliphatic carbocycles. The number of amides is 1. The van der Waals surface area contributed by atoms with Crippen LogP contribution in [-0.2, 0) is 9.47 Å². The van der Waals surface area contributed by atoms with Gasteiger partial charge in [0.15, 0.2) is 0 Å². The summed E-state index contributed by atoms with van der Waals surface area (Å²) in [5.41, 5.74) is -0.346. The maximum Gasteiger partial charge on any atom is 0.410 e. The van der Waals surface area contributed by atoms with Gasteiger partial charge < -0.3 is 19.7 Å². The number of piperidine rings is 1. The number of nitrogens with one attached hydrogen (secondary N) is 1. The lowest BCUT2D eigenvalue weighted by Gasteiger charge is -2.38. The molecule has 0 bridgehead atoms. The van der Waals surface area contributed by atoms with E-state index in [0.717, 1.165) is 71.5 Å². The molecule has 0 unspecified atom stereocenters. The number of hydrogen-bond acceptors (Lipinski definition) is 5. The van der Waals surface area contributed by atoms with Gasteiger partial charge in [0, 0.05) is 33.3 Å². The molecule has 0 atom stereocenters. The Morgan fingerprint density at radius 1 is 1.12 bits per heavy atom. The molecule has 140 valence electrons. The Morgan fingerprint density at radius 2 is 1.75 bits per heavy atom. The van der Waals surface area contributed by atoms with Crippen molar-refractivity contribution in [1.29, 1.82) is 0 Å². The average molecular weight is 341 g/mol. The minimum atomic E-state index is -0.419. The van der Waals surface area contributed by atoms with E-state index in [-0.39, 0.29) is 11.7 Å². The summed E-state index contributed by atoms with van der Waals surface area (Å²) in [6.07, 6.45) is 4.30. The van der Waals surface area contributed by atoms with Crippen molar-refractivity contribution in [2.24, 2.45) is 0 Å². The second-order valence-corrected chi connectivity index (χ2v) is 8.05. The van der Waals surface area contributed by atoms with E-state index >= 15 is 0 Å². The van der Waals surface area contributed by atoms with Gasteiger partial charge in [0.2, 0.25) is 0 Å². The quantitative estimate of drug-likeness (QED) is 0.830. The van der Waals surface area contributed by atoms with Crippen molar-refractivity contribution in [2.75, 3.05) is 52.9 Å². The predicted molar refractivity (Wildman–Crippen MR) is 95.3 cm³/mol. The van der Waals surface area contributed by atoms with Gasteiger partial charge in [-0.05, 0) is 66.1 Å². The van der Waals surface area contributed by atoms with Crippen molar-refractivity contribution in [1.82, 2.24) is 15.1 Å². The third-order valence-electron chi connectivity index (χ3n) is 5.08. The van der Waals surface area contributed by atoms with Gasteiger partial charge in [0.25, 0.3) is 0 Å². The van der Waals surface area contributed by atoms with E-state index < -0.39 is 5.60 Å². The van der Waals surface area contributed by atoms with Crippen molar-refractivity contribution < 1.29 is 14.3 Å². The molecule has 1 amide bonds. The topological polar surface area (TPSA) is 54.0 Å². The monoisotopic (exact) mass is 341 g/mol. The van der Waals surface area contributed by atoms with E-state index in [2.05, 4.69) is 10.2 Å². The van der Waals surface area contributed by atoms with Crippen molar-refractivity contribution in [3.63, 3.8) is 0 Å². The normalized spacial score (nSPS) is 22.4. The molecule has 2 aliphatic heterocycles. The molecular formula is C18H35N3O3. The van der Waals surface area contributed by atoms with Crippen LogP contribution in [0.15, 0.2) is 0 Å². The summed E-state index contributed by atoms with van der Waals surface area (Å²) in [5.74, 6) is 0. The van der Waals surface area contributed by atoms with Crippen LogP contribution in [0.2, 0.25) is 0 Å². The van der Waals surface area contributed by atoms with Crippen LogP contribution in [0.3, 0.4) is 0 Å². The lowest BCUT2D eigenvalue weighted by atomic mass is 9.87. The van der Waals surface area contributed by atoms with Crippen LogP contribution in [-0.4, -0.2) is 80.0 Å². The van der Waals surface area contributed by atoms with E-state index in [1.807, 2.05) is 32.8 Å². The summed E-state index contributed by atoms with van der Waals surface area (Å²) in [7, 11) is 1.85. The second kappa shape index (κ2) is 8.50. The molecule has 2 heterocycles. The highest BCUT2D eigenvalue weighted by Gasteiger charge is 2.31. The largest absolute Gasteiger partial charge is 0.444 e. The van der Waals surface area contributed by atoms with E-state index in [9.17, 15) is 4.79 Å². The smallest absolute Gasteiger partial charge is 0.410 e. The molecule has 0 radical (unpaired) electrons. The van der Waals surface area contributed by atoms with E-state index in [4.69, 9.17) is 9.47 Å². The average Bonchev–Trinajstić information content (AvgIpc) is 2.55. The number of nitrogens with zero attached hydrogens (tertiary/aromatic N) is 2. The van der Waals surface area contributed by atoms with Gasteiger partial charge in [-0.1, -0.05) is 0 Å². The van der Waals surface area contributed by atoms with Crippen LogP contribution in [0.5, 0.6) is 0 Å². The van der Waals surface area contributed by atoms with Crippen LogP contribution in [0.4, 0.5) is 4.79 Å². The van der Waals surface area contributed by atoms with Gasteiger partial charge in [-0.2, -0.15) is 0 Å². The van der Waals surface area contributed by atoms with Gasteiger partial charge in [-0.3, -0.25) is 4.90 Å². The Hall–Kier alpha value is -0.850. The lowest BCUT2D eigenvalue weighted by molar-refractivity contribution is -0.0435. The number of rotatable bonds is 5. The van der Waals surface area contributed by atoms with E-state index in [1.165, 1.54) is 0 Å². The second-order valence-electron chi connectivity index (χ2n) is 8.05. The Balaban J connectivity index is 1.67. The maximum atomic E-state index is 12.1. The predicted octanol–water partition coefficient (Wildman–Crippen LogP) is 2.09. The molecule has 6 nitrogen and oxygen atoms in total. The van der Waals surface area contributed by atoms with Crippen LogP contribution >= 0.6 is 0 Å². The molecule has 2 fully saturated rings. The molecule has 2 rings (SSSR count). The molecule has 0 saturated carbocycles. The third-order valence-corrected chi connectivity index (χ3v) is 5.08. The number of hydrogen-bond donors (Lipinski definition) is 1. The first-order valence-corrected chi connectivity index (χ1v) is 9.30. The van der Waals surface area contributed by atoms with Crippen molar-refractivity contribution in [2.45, 2.75) is 57.7 Å². The third kappa shape index (κ3) is 5.90. The number of piperazine rings is 1. The summed E-state index contributed by atoms with van der Waals surface area (Å²) in [5, 5.41) is 3.41. The minimum Gasteiger partial charge on any atom is -0.444 e. The van der Waals surface area contributed by atoms with E-state index in [1.54, 1.807) is 0 Å². The first kappa shape index (κ1) is 19.5. The first-order valence-electron chi connectivity index (χ1n) is 9.30. The van der Waals surface area contributed by atoms with Gasteiger partial charge in [0.05, 0.1) is 5.60 Å². The van der Waals surface area contributed by atoms with Gasteiger partial charge in [-0.25, -0.2) is 4.79 Å². The SMILES string of the molecule is COC1(CCCN2CCN(C(=O)OC(C)(C)C)CC2)CCNCC1. The molecule has 1 N–H and O–H groups in total. The van der Waals surface area contributed by atoms with Gasteiger partial charge in [0.1, 0.15) is 5.60 Å². The zero-order valence-electron chi connectivity index (χ0n) is 15.9. The highest BCUT2D eigenvalue weighted by molar-refractivity contribution is 5.68. The summed E-state index contributed by atoms with van der Waals surface area (Å²) in [6.45, 7) is 12.3. The summed E-state index contributed by atoms with van der Waals surface area (Å²) >= 11 is 0. The molecule has 2 saturated heterocycles. The van der Waals surface area contributed by atoms with Gasteiger partial charge in [-0.15, -0.1) is 0 Å². The summed E-state index contributed by atoms with van der Waals surface area (Å²) in [4.78, 5) is 16.4. The zero-order chi connectivity index (χ0) is 17.6. The fourth-order valence-electron chi connectivity index (χ4n) is 3.54. The number of carbonyl (C=O) groups excluding carboxylic acids is 1. The van der Waals surface area contributed by atoms with Crippen molar-refractivity contribution in [3.05, 3.63) is 0 Å². The fourth-order valence-corrected chi connectivity index (χ4v) is 3.54. The van der Waals surface area contributed by atoms with Crippen molar-refractivity contribution >= 4 is 6.09 Å². The van der Waals surface area contributed by atoms with Crippen LogP contribution in [0.1, 0.15) is 46.5 Å². The molecule has 24 heavy (non-hydrogen) atoms. The van der Waals surface area contributed by atoms with E-state index in [0.29, 0.717) is 0 Å². The Kier molecular flexibility index (Phi) is 6.89. The maximum absolute atomic E-state index is 12.1. The fraction of sp³-hybridized carbons (Fsp3) is 0.944. The molecular weight excluding hydrogens is 306 g/mol. The summed E-state index contributed by atoms with van der Waals surface area (Å²) < 4.78 is 11.3. The molecule has 0 spiro atoms. The Morgan fingerprint density at radius 3 is 2.29 bits per heavy atom. The zero-order valence-corrected chi connectivity index (χ0v) is 15.9. The Bertz CT molecular complexity index is 395. The highest BCUT2D eigenvalue weighted by atomic mass is 16.6. The number of carbonyl (C=O) groups is 1. The first-order chi connectivity index (χ1) is 11.3.